The highest BCUT2D eigenvalue weighted by atomic mass is 79.9. The third-order valence-electron chi connectivity index (χ3n) is 4.70. The first-order valence-corrected chi connectivity index (χ1v) is 10.1. The van der Waals surface area contributed by atoms with E-state index in [2.05, 4.69) is 34.7 Å². The van der Waals surface area contributed by atoms with Crippen LogP contribution in [-0.4, -0.2) is 18.2 Å². The van der Waals surface area contributed by atoms with E-state index in [0.717, 1.165) is 22.3 Å². The van der Waals surface area contributed by atoms with E-state index in [1.807, 2.05) is 24.3 Å². The minimum absolute atomic E-state index is 0.182. The Hall–Kier alpha value is -2.31. The van der Waals surface area contributed by atoms with Gasteiger partial charge in [0.2, 0.25) is 11.2 Å². The largest absolute Gasteiger partial charge is 0.478 e. The van der Waals surface area contributed by atoms with Gasteiger partial charge in [-0.15, -0.1) is 0 Å². The molecule has 6 heteroatoms. The molecule has 28 heavy (non-hydrogen) atoms. The van der Waals surface area contributed by atoms with Crippen molar-refractivity contribution in [3.8, 4) is 17.2 Å². The molecule has 0 amide bonds. The minimum Gasteiger partial charge on any atom is -0.478 e. The number of hydrogen-bond donors (Lipinski definition) is 0. The first-order chi connectivity index (χ1) is 13.4. The molecule has 0 bridgehead atoms. The van der Waals surface area contributed by atoms with Crippen LogP contribution in [0.4, 0.5) is 0 Å². The van der Waals surface area contributed by atoms with Crippen molar-refractivity contribution in [2.24, 2.45) is 5.92 Å². The van der Waals surface area contributed by atoms with Gasteiger partial charge in [-0.2, -0.15) is 0 Å². The van der Waals surface area contributed by atoms with E-state index in [4.69, 9.17) is 13.9 Å². The zero-order valence-corrected chi connectivity index (χ0v) is 17.7. The molecule has 0 aliphatic carbocycles. The van der Waals surface area contributed by atoms with E-state index < -0.39 is 0 Å². The number of nitrogens with zero attached hydrogens (tertiary/aromatic N) is 1. The van der Waals surface area contributed by atoms with Gasteiger partial charge in [-0.3, -0.25) is 9.69 Å². The Morgan fingerprint density at radius 1 is 1.21 bits per heavy atom. The number of ether oxygens (including phenoxy) is 2. The number of hydrogen-bond acceptors (Lipinski definition) is 5. The highest BCUT2D eigenvalue weighted by Gasteiger charge is 2.24. The maximum absolute atomic E-state index is 13.2. The molecule has 0 N–H and O–H groups in total. The van der Waals surface area contributed by atoms with Gasteiger partial charge in [-0.25, -0.2) is 0 Å². The Bertz CT molecular complexity index is 1090. The van der Waals surface area contributed by atoms with Crippen LogP contribution in [-0.2, 0) is 6.54 Å². The van der Waals surface area contributed by atoms with Crippen LogP contribution in [0.15, 0.2) is 50.1 Å². The van der Waals surface area contributed by atoms with Crippen molar-refractivity contribution in [2.45, 2.75) is 27.3 Å². The van der Waals surface area contributed by atoms with Gasteiger partial charge in [0.25, 0.3) is 0 Å². The summed E-state index contributed by atoms with van der Waals surface area (Å²) >= 11 is 3.45. The Morgan fingerprint density at radius 2 is 2.00 bits per heavy atom. The molecule has 0 radical (unpaired) electrons. The average Bonchev–Trinajstić information content (AvgIpc) is 2.66. The number of halogens is 1. The molecule has 2 heterocycles. The molecular formula is C22H22BrNO4. The van der Waals surface area contributed by atoms with Gasteiger partial charge < -0.3 is 13.9 Å². The second kappa shape index (κ2) is 7.60. The van der Waals surface area contributed by atoms with Crippen LogP contribution < -0.4 is 14.9 Å². The van der Waals surface area contributed by atoms with Gasteiger partial charge in [-0.1, -0.05) is 26.0 Å². The van der Waals surface area contributed by atoms with Crippen LogP contribution in [0, 0.1) is 12.8 Å². The highest BCUT2D eigenvalue weighted by molar-refractivity contribution is 9.10. The van der Waals surface area contributed by atoms with Crippen LogP contribution in [0.2, 0.25) is 0 Å². The van der Waals surface area contributed by atoms with Crippen molar-refractivity contribution in [3.05, 3.63) is 62.4 Å². The van der Waals surface area contributed by atoms with Crippen LogP contribution in [0.25, 0.3) is 11.0 Å². The van der Waals surface area contributed by atoms with Gasteiger partial charge in [-0.05, 0) is 53.0 Å². The fourth-order valence-electron chi connectivity index (χ4n) is 3.49. The van der Waals surface area contributed by atoms with Crippen molar-refractivity contribution in [1.29, 1.82) is 0 Å². The SMILES string of the molecule is Cc1oc2c3c(ccc2c(=O)c1Oc1ccccc1Br)OCN(CC(C)C)C3. The van der Waals surface area contributed by atoms with Crippen LogP contribution in [0.1, 0.15) is 25.2 Å². The van der Waals surface area contributed by atoms with Crippen LogP contribution >= 0.6 is 15.9 Å². The van der Waals surface area contributed by atoms with Crippen molar-refractivity contribution in [2.75, 3.05) is 13.3 Å². The van der Waals surface area contributed by atoms with Crippen molar-refractivity contribution >= 4 is 26.9 Å². The number of para-hydroxylation sites is 1. The first-order valence-electron chi connectivity index (χ1n) is 9.31. The smallest absolute Gasteiger partial charge is 0.235 e. The minimum atomic E-state index is -0.182. The molecular weight excluding hydrogens is 422 g/mol. The van der Waals surface area contributed by atoms with Gasteiger partial charge >= 0.3 is 0 Å². The van der Waals surface area contributed by atoms with Crippen molar-refractivity contribution in [3.63, 3.8) is 0 Å². The summed E-state index contributed by atoms with van der Waals surface area (Å²) < 4.78 is 18.7. The second-order valence-electron chi connectivity index (χ2n) is 7.45. The molecule has 146 valence electrons. The lowest BCUT2D eigenvalue weighted by molar-refractivity contribution is 0.0848. The first kappa shape index (κ1) is 19.0. The Morgan fingerprint density at radius 3 is 2.75 bits per heavy atom. The summed E-state index contributed by atoms with van der Waals surface area (Å²) in [6, 6.07) is 11.0. The van der Waals surface area contributed by atoms with Gasteiger partial charge in [0.1, 0.15) is 29.6 Å². The molecule has 3 aromatic rings. The lowest BCUT2D eigenvalue weighted by Crippen LogP contribution is -2.34. The molecule has 0 atom stereocenters. The molecule has 4 rings (SSSR count). The zero-order valence-electron chi connectivity index (χ0n) is 16.1. The summed E-state index contributed by atoms with van der Waals surface area (Å²) in [5, 5.41) is 0.501. The summed E-state index contributed by atoms with van der Waals surface area (Å²) in [7, 11) is 0. The quantitative estimate of drug-likeness (QED) is 0.535. The van der Waals surface area contributed by atoms with Crippen LogP contribution in [0.3, 0.4) is 0 Å². The van der Waals surface area contributed by atoms with E-state index in [1.165, 1.54) is 0 Å². The van der Waals surface area contributed by atoms with E-state index >= 15 is 0 Å². The molecule has 5 nitrogen and oxygen atoms in total. The lowest BCUT2D eigenvalue weighted by Gasteiger charge is -2.30. The maximum atomic E-state index is 13.2. The second-order valence-corrected chi connectivity index (χ2v) is 8.30. The predicted molar refractivity (Wildman–Crippen MR) is 112 cm³/mol. The van der Waals surface area contributed by atoms with Crippen molar-refractivity contribution in [1.82, 2.24) is 4.90 Å². The summed E-state index contributed by atoms with van der Waals surface area (Å²) in [4.78, 5) is 15.4. The molecule has 0 saturated carbocycles. The van der Waals surface area contributed by atoms with E-state index in [1.54, 1.807) is 19.1 Å². The third kappa shape index (κ3) is 3.54. The monoisotopic (exact) mass is 443 g/mol. The molecule has 0 saturated heterocycles. The lowest BCUT2D eigenvalue weighted by atomic mass is 10.1. The third-order valence-corrected chi connectivity index (χ3v) is 5.35. The summed E-state index contributed by atoms with van der Waals surface area (Å²) in [6.45, 7) is 8.26. The molecule has 0 unspecified atom stereocenters. The molecule has 1 aliphatic rings. The Balaban J connectivity index is 1.79. The molecule has 1 aliphatic heterocycles. The molecule has 0 fully saturated rings. The highest BCUT2D eigenvalue weighted by Crippen LogP contribution is 2.35. The fraction of sp³-hybridized carbons (Fsp3) is 0.318. The van der Waals surface area contributed by atoms with Gasteiger partial charge in [0, 0.05) is 13.1 Å². The van der Waals surface area contributed by atoms with Gasteiger partial charge in [0.15, 0.2) is 0 Å². The van der Waals surface area contributed by atoms with E-state index in [9.17, 15) is 4.79 Å². The van der Waals surface area contributed by atoms with Crippen LogP contribution in [0.5, 0.6) is 17.2 Å². The summed E-state index contributed by atoms with van der Waals surface area (Å²) in [5.41, 5.74) is 1.31. The summed E-state index contributed by atoms with van der Waals surface area (Å²) in [5.74, 6) is 2.52. The molecule has 1 aromatic heterocycles. The Kier molecular flexibility index (Phi) is 5.17. The topological polar surface area (TPSA) is 51.9 Å². The van der Waals surface area contributed by atoms with E-state index in [-0.39, 0.29) is 11.2 Å². The summed E-state index contributed by atoms with van der Waals surface area (Å²) in [6.07, 6.45) is 0. The number of benzene rings is 2. The predicted octanol–water partition coefficient (Wildman–Crippen LogP) is 5.46. The fourth-order valence-corrected chi connectivity index (χ4v) is 3.86. The average molecular weight is 444 g/mol. The maximum Gasteiger partial charge on any atom is 0.235 e. The van der Waals surface area contributed by atoms with Crippen molar-refractivity contribution < 1.29 is 13.9 Å². The normalized spacial score (nSPS) is 14.2. The number of aryl methyl sites for hydroxylation is 1. The standard InChI is InChI=1S/C22H22BrNO4/c1-13(2)10-24-11-16-18(26-12-24)9-8-15-20(25)21(14(3)27-22(15)16)28-19-7-5-4-6-17(19)23/h4-9,13H,10-12H2,1-3H3. The Labute approximate surface area is 172 Å². The van der Waals surface area contributed by atoms with E-state index in [0.29, 0.717) is 41.7 Å². The van der Waals surface area contributed by atoms with Gasteiger partial charge in [0.05, 0.1) is 15.4 Å². The number of fused-ring (bicyclic) bond motifs is 3. The molecule has 2 aromatic carbocycles. The molecule has 0 spiro atoms. The number of rotatable bonds is 4. The zero-order chi connectivity index (χ0) is 19.8.